The second kappa shape index (κ2) is 6.13. The maximum Gasteiger partial charge on any atom is 0.257 e. The molecule has 5 nitrogen and oxygen atoms in total. The molecule has 3 aromatic rings. The van der Waals surface area contributed by atoms with E-state index in [1.807, 2.05) is 29.2 Å². The lowest BCUT2D eigenvalue weighted by atomic mass is 9.96. The molecule has 3 heterocycles. The van der Waals surface area contributed by atoms with Crippen molar-refractivity contribution >= 4 is 22.5 Å². The molecule has 0 spiro atoms. The van der Waals surface area contributed by atoms with Gasteiger partial charge in [0.25, 0.3) is 5.91 Å². The topological polar surface area (TPSA) is 48.7 Å². The lowest BCUT2D eigenvalue weighted by Gasteiger charge is -2.46. The third kappa shape index (κ3) is 2.24. The summed E-state index contributed by atoms with van der Waals surface area (Å²) in [4.78, 5) is 17.4. The number of aromatic nitrogens is 1. The number of nitrogens with zero attached hydrogens (tertiary/aromatic N) is 3. The molecule has 1 unspecified atom stereocenters. The summed E-state index contributed by atoms with van der Waals surface area (Å²) in [6, 6.07) is 16.3. The van der Waals surface area contributed by atoms with Gasteiger partial charge < -0.3 is 19.5 Å². The fourth-order valence-electron chi connectivity index (χ4n) is 4.78. The average Bonchev–Trinajstić information content (AvgIpc) is 3.04. The number of aryl methyl sites for hydroxylation is 1. The zero-order chi connectivity index (χ0) is 18.5. The van der Waals surface area contributed by atoms with E-state index in [-0.39, 0.29) is 18.7 Å². The van der Waals surface area contributed by atoms with Gasteiger partial charge in [-0.15, -0.1) is 0 Å². The van der Waals surface area contributed by atoms with Crippen molar-refractivity contribution in [2.45, 2.75) is 25.6 Å². The second-order valence-electron chi connectivity index (χ2n) is 7.36. The van der Waals surface area contributed by atoms with Crippen molar-refractivity contribution in [2.75, 3.05) is 25.1 Å². The van der Waals surface area contributed by atoms with E-state index in [0.717, 1.165) is 30.8 Å². The predicted octanol–water partition coefficient (Wildman–Crippen LogP) is 3.17. The van der Waals surface area contributed by atoms with Crippen LogP contribution in [-0.4, -0.2) is 40.7 Å². The van der Waals surface area contributed by atoms with E-state index in [9.17, 15) is 9.90 Å². The highest BCUT2D eigenvalue weighted by Gasteiger charge is 2.42. The van der Waals surface area contributed by atoms with Gasteiger partial charge in [-0.05, 0) is 36.6 Å². The Bertz CT molecular complexity index is 1040. The summed E-state index contributed by atoms with van der Waals surface area (Å²) in [5.74, 6) is 0.110. The van der Waals surface area contributed by atoms with Crippen LogP contribution in [0.2, 0.25) is 0 Å². The Labute approximate surface area is 158 Å². The molecule has 0 aliphatic carbocycles. The van der Waals surface area contributed by atoms with E-state index in [2.05, 4.69) is 40.8 Å². The van der Waals surface area contributed by atoms with Gasteiger partial charge in [-0.2, -0.15) is 0 Å². The van der Waals surface area contributed by atoms with E-state index in [4.69, 9.17) is 0 Å². The smallest absolute Gasteiger partial charge is 0.257 e. The molecule has 138 valence electrons. The van der Waals surface area contributed by atoms with Crippen molar-refractivity contribution < 1.29 is 9.90 Å². The number of aliphatic hydroxyl groups excluding tert-OH is 1. The van der Waals surface area contributed by atoms with Gasteiger partial charge in [0.05, 0.1) is 16.9 Å². The molecule has 2 aromatic carbocycles. The number of hydrogen-bond donors (Lipinski definition) is 1. The highest BCUT2D eigenvalue weighted by molar-refractivity contribution is 6.02. The van der Waals surface area contributed by atoms with Crippen LogP contribution in [0, 0.1) is 0 Å². The van der Waals surface area contributed by atoms with Crippen molar-refractivity contribution in [3.8, 4) is 0 Å². The maximum absolute atomic E-state index is 13.2. The number of rotatable bonds is 3. The summed E-state index contributed by atoms with van der Waals surface area (Å²) in [6.07, 6.45) is 1.45. The number of hydrogen-bond acceptors (Lipinski definition) is 3. The molecule has 0 saturated heterocycles. The number of anilines is 1. The summed E-state index contributed by atoms with van der Waals surface area (Å²) in [5.41, 5.74) is 5.48. The number of carbonyl (C=O) groups excluding carboxylic acids is 1. The Kier molecular flexibility index (Phi) is 3.72. The molecule has 2 aliphatic heterocycles. The normalized spacial score (nSPS) is 18.4. The second-order valence-corrected chi connectivity index (χ2v) is 7.36. The number of carbonyl (C=O) groups is 1. The minimum Gasteiger partial charge on any atom is -0.396 e. The number of aliphatic hydroxyl groups is 1. The minimum absolute atomic E-state index is 0.109. The van der Waals surface area contributed by atoms with Crippen LogP contribution in [0.3, 0.4) is 0 Å². The van der Waals surface area contributed by atoms with Crippen LogP contribution in [0.5, 0.6) is 0 Å². The molecule has 0 fully saturated rings. The third-order valence-corrected chi connectivity index (χ3v) is 5.94. The number of benzene rings is 2. The van der Waals surface area contributed by atoms with Gasteiger partial charge in [0.2, 0.25) is 0 Å². The van der Waals surface area contributed by atoms with Crippen LogP contribution in [0.15, 0.2) is 48.5 Å². The van der Waals surface area contributed by atoms with Gasteiger partial charge in [-0.25, -0.2) is 0 Å². The number of fused-ring (bicyclic) bond motifs is 6. The molecule has 1 aromatic heterocycles. The van der Waals surface area contributed by atoms with Crippen molar-refractivity contribution in [3.05, 3.63) is 65.4 Å². The van der Waals surface area contributed by atoms with Crippen molar-refractivity contribution in [3.63, 3.8) is 0 Å². The fourth-order valence-corrected chi connectivity index (χ4v) is 4.78. The number of para-hydroxylation sites is 2. The largest absolute Gasteiger partial charge is 0.396 e. The molecular formula is C22H23N3O2. The summed E-state index contributed by atoms with van der Waals surface area (Å²) >= 11 is 0. The van der Waals surface area contributed by atoms with Crippen LogP contribution in [-0.2, 0) is 13.0 Å². The van der Waals surface area contributed by atoms with Crippen LogP contribution >= 0.6 is 0 Å². The first-order valence-corrected chi connectivity index (χ1v) is 9.56. The zero-order valence-corrected chi connectivity index (χ0v) is 15.4. The van der Waals surface area contributed by atoms with E-state index in [0.29, 0.717) is 6.42 Å². The number of amides is 1. The molecule has 0 radical (unpaired) electrons. The molecule has 5 rings (SSSR count). The Hall–Kier alpha value is -2.79. The molecular weight excluding hydrogens is 338 g/mol. The van der Waals surface area contributed by atoms with Crippen molar-refractivity contribution in [2.24, 2.45) is 0 Å². The highest BCUT2D eigenvalue weighted by atomic mass is 16.3. The zero-order valence-electron chi connectivity index (χ0n) is 15.4. The lowest BCUT2D eigenvalue weighted by Crippen LogP contribution is -2.51. The molecule has 1 amide bonds. The lowest BCUT2D eigenvalue weighted by molar-refractivity contribution is 0.0629. The SMILES string of the molecule is CN1c2ccccc2C(=O)N2CCc3c(n(CCCO)c4ccccc34)C21. The maximum atomic E-state index is 13.2. The summed E-state index contributed by atoms with van der Waals surface area (Å²) < 4.78 is 2.31. The van der Waals surface area contributed by atoms with Gasteiger partial charge in [0.1, 0.15) is 6.17 Å². The summed E-state index contributed by atoms with van der Waals surface area (Å²) in [5, 5.41) is 10.7. The van der Waals surface area contributed by atoms with Gasteiger partial charge in [-0.3, -0.25) is 4.79 Å². The molecule has 0 saturated carbocycles. The van der Waals surface area contributed by atoms with Gasteiger partial charge in [-0.1, -0.05) is 30.3 Å². The van der Waals surface area contributed by atoms with E-state index >= 15 is 0 Å². The molecule has 0 bridgehead atoms. The molecule has 1 N–H and O–H groups in total. The molecule has 1 atom stereocenters. The van der Waals surface area contributed by atoms with E-state index < -0.39 is 0 Å². The third-order valence-electron chi connectivity index (χ3n) is 5.94. The Balaban J connectivity index is 1.75. The van der Waals surface area contributed by atoms with Crippen molar-refractivity contribution in [1.29, 1.82) is 0 Å². The van der Waals surface area contributed by atoms with Crippen LogP contribution in [0.4, 0.5) is 5.69 Å². The molecule has 27 heavy (non-hydrogen) atoms. The van der Waals surface area contributed by atoms with Crippen LogP contribution in [0.25, 0.3) is 10.9 Å². The van der Waals surface area contributed by atoms with Crippen LogP contribution < -0.4 is 4.90 Å². The quantitative estimate of drug-likeness (QED) is 0.780. The predicted molar refractivity (Wildman–Crippen MR) is 106 cm³/mol. The Morgan fingerprint density at radius 2 is 1.89 bits per heavy atom. The highest BCUT2D eigenvalue weighted by Crippen LogP contribution is 2.44. The van der Waals surface area contributed by atoms with E-state index in [1.165, 1.54) is 22.2 Å². The van der Waals surface area contributed by atoms with Gasteiger partial charge in [0.15, 0.2) is 0 Å². The Morgan fingerprint density at radius 3 is 2.74 bits per heavy atom. The first-order valence-electron chi connectivity index (χ1n) is 9.56. The first-order chi connectivity index (χ1) is 13.2. The van der Waals surface area contributed by atoms with Crippen molar-refractivity contribution in [1.82, 2.24) is 9.47 Å². The van der Waals surface area contributed by atoms with E-state index in [1.54, 1.807) is 0 Å². The standard InChI is InChI=1S/C22H23N3O2/c1-23-18-9-4-3-8-17(18)22(27)25-13-11-16-15-7-2-5-10-19(15)24(12-6-14-26)20(16)21(23)25/h2-5,7-10,21,26H,6,11-14H2,1H3. The fraction of sp³-hybridized carbons (Fsp3) is 0.318. The van der Waals surface area contributed by atoms with Gasteiger partial charge in [0, 0.05) is 37.6 Å². The average molecular weight is 361 g/mol. The Morgan fingerprint density at radius 1 is 1.11 bits per heavy atom. The first kappa shape index (κ1) is 16.4. The van der Waals surface area contributed by atoms with Gasteiger partial charge >= 0.3 is 0 Å². The monoisotopic (exact) mass is 361 g/mol. The molecule has 2 aliphatic rings. The molecule has 5 heteroatoms. The summed E-state index contributed by atoms with van der Waals surface area (Å²) in [6.45, 7) is 1.64. The minimum atomic E-state index is -0.109. The summed E-state index contributed by atoms with van der Waals surface area (Å²) in [7, 11) is 2.08. The van der Waals surface area contributed by atoms with Crippen LogP contribution in [0.1, 0.15) is 34.2 Å².